The molecule has 14 heavy (non-hydrogen) atoms. The third-order valence-corrected chi connectivity index (χ3v) is 2.34. The molecule has 3 heteroatoms. The molecule has 0 saturated carbocycles. The van der Waals surface area contributed by atoms with Gasteiger partial charge in [0.05, 0.1) is 12.6 Å². The van der Waals surface area contributed by atoms with Crippen LogP contribution in [0.25, 0.3) is 0 Å². The van der Waals surface area contributed by atoms with E-state index in [0.29, 0.717) is 13.0 Å². The zero-order chi connectivity index (χ0) is 10.8. The molecule has 0 aliphatic carbocycles. The lowest BCUT2D eigenvalue weighted by Gasteiger charge is -2.28. The van der Waals surface area contributed by atoms with E-state index in [0.717, 1.165) is 0 Å². The van der Waals surface area contributed by atoms with Gasteiger partial charge in [0.25, 0.3) is 0 Å². The number of terminal acetylenes is 1. The monoisotopic (exact) mass is 195 g/mol. The summed E-state index contributed by atoms with van der Waals surface area (Å²) in [6.07, 6.45) is 6.13. The van der Waals surface area contributed by atoms with Gasteiger partial charge in [0, 0.05) is 6.42 Å². The van der Waals surface area contributed by atoms with E-state index in [4.69, 9.17) is 11.2 Å². The Bertz CT molecular complexity index is 259. The normalized spacial score (nSPS) is 24.1. The Kier molecular flexibility index (Phi) is 3.17. The first-order chi connectivity index (χ1) is 6.45. The van der Waals surface area contributed by atoms with Gasteiger partial charge in [-0.1, -0.05) is 26.7 Å². The molecule has 1 rings (SSSR count). The minimum Gasteiger partial charge on any atom is -0.464 e. The SMILES string of the molecule is C#CC(NC1CCOC1=O)C(C)(C)C. The average Bonchev–Trinajstić information content (AvgIpc) is 2.45. The number of hydrogen-bond acceptors (Lipinski definition) is 3. The summed E-state index contributed by atoms with van der Waals surface area (Å²) in [5, 5.41) is 3.14. The maximum atomic E-state index is 11.2. The van der Waals surface area contributed by atoms with Crippen LogP contribution in [0.4, 0.5) is 0 Å². The molecular formula is C11H17NO2. The molecule has 0 aromatic rings. The van der Waals surface area contributed by atoms with E-state index in [1.807, 2.05) is 20.8 Å². The fraction of sp³-hybridized carbons (Fsp3) is 0.727. The first kappa shape index (κ1) is 11.1. The van der Waals surface area contributed by atoms with E-state index in [2.05, 4.69) is 11.2 Å². The van der Waals surface area contributed by atoms with E-state index in [1.165, 1.54) is 0 Å². The third kappa shape index (κ3) is 2.49. The summed E-state index contributed by atoms with van der Waals surface area (Å²) in [4.78, 5) is 11.2. The molecule has 0 bridgehead atoms. The molecule has 0 aromatic carbocycles. The zero-order valence-electron chi connectivity index (χ0n) is 8.96. The number of carbonyl (C=O) groups is 1. The van der Waals surface area contributed by atoms with Gasteiger partial charge in [0.15, 0.2) is 0 Å². The maximum Gasteiger partial charge on any atom is 0.323 e. The minimum atomic E-state index is -0.227. The van der Waals surface area contributed by atoms with Gasteiger partial charge in [-0.25, -0.2) is 0 Å². The van der Waals surface area contributed by atoms with Gasteiger partial charge in [-0.3, -0.25) is 10.1 Å². The van der Waals surface area contributed by atoms with Crippen molar-refractivity contribution in [1.82, 2.24) is 5.32 Å². The highest BCUT2D eigenvalue weighted by atomic mass is 16.5. The molecule has 1 saturated heterocycles. The Morgan fingerprint density at radius 3 is 2.64 bits per heavy atom. The highest BCUT2D eigenvalue weighted by Gasteiger charge is 2.32. The molecule has 1 N–H and O–H groups in total. The molecule has 0 aromatic heterocycles. The molecule has 3 nitrogen and oxygen atoms in total. The average molecular weight is 195 g/mol. The van der Waals surface area contributed by atoms with E-state index in [9.17, 15) is 4.79 Å². The quantitative estimate of drug-likeness (QED) is 0.526. The Hall–Kier alpha value is -1.01. The number of ether oxygens (including phenoxy) is 1. The third-order valence-electron chi connectivity index (χ3n) is 2.34. The second kappa shape index (κ2) is 4.02. The van der Waals surface area contributed by atoms with Crippen molar-refractivity contribution in [2.75, 3.05) is 6.61 Å². The van der Waals surface area contributed by atoms with Crippen LogP contribution in [0, 0.1) is 17.8 Å². The molecule has 0 radical (unpaired) electrons. The van der Waals surface area contributed by atoms with E-state index in [1.54, 1.807) is 0 Å². The molecule has 2 unspecified atom stereocenters. The van der Waals surface area contributed by atoms with Gasteiger partial charge >= 0.3 is 5.97 Å². The standard InChI is InChI=1S/C11H17NO2/c1-5-9(11(2,3)4)12-8-6-7-14-10(8)13/h1,8-9,12H,6-7H2,2-4H3. The Morgan fingerprint density at radius 1 is 1.64 bits per heavy atom. The topological polar surface area (TPSA) is 38.3 Å². The molecule has 1 aliphatic rings. The van der Waals surface area contributed by atoms with Gasteiger partial charge in [0.2, 0.25) is 0 Å². The lowest BCUT2D eigenvalue weighted by atomic mass is 9.87. The van der Waals surface area contributed by atoms with E-state index < -0.39 is 0 Å². The second-order valence-electron chi connectivity index (χ2n) is 4.64. The number of hydrogen-bond donors (Lipinski definition) is 1. The first-order valence-corrected chi connectivity index (χ1v) is 4.84. The number of cyclic esters (lactones) is 1. The van der Waals surface area contributed by atoms with Crippen molar-refractivity contribution in [2.24, 2.45) is 5.41 Å². The summed E-state index contributed by atoms with van der Waals surface area (Å²) in [6, 6.07) is -0.326. The van der Waals surface area contributed by atoms with Gasteiger partial charge in [-0.2, -0.15) is 0 Å². The molecular weight excluding hydrogens is 178 g/mol. The Labute approximate surface area is 85.2 Å². The molecule has 1 fully saturated rings. The van der Waals surface area contributed by atoms with E-state index >= 15 is 0 Å². The summed E-state index contributed by atoms with van der Waals surface area (Å²) in [5.74, 6) is 2.48. The zero-order valence-corrected chi connectivity index (χ0v) is 8.96. The highest BCUT2D eigenvalue weighted by molar-refractivity contribution is 5.77. The molecule has 2 atom stereocenters. The smallest absolute Gasteiger partial charge is 0.323 e. The van der Waals surface area contributed by atoms with E-state index in [-0.39, 0.29) is 23.5 Å². The number of esters is 1. The van der Waals surface area contributed by atoms with Gasteiger partial charge in [0.1, 0.15) is 6.04 Å². The van der Waals surface area contributed by atoms with Crippen molar-refractivity contribution in [3.63, 3.8) is 0 Å². The number of carbonyl (C=O) groups excluding carboxylic acids is 1. The summed E-state index contributed by atoms with van der Waals surface area (Å²) in [7, 11) is 0. The Balaban J connectivity index is 2.58. The highest BCUT2D eigenvalue weighted by Crippen LogP contribution is 2.20. The molecule has 1 aliphatic heterocycles. The summed E-state index contributed by atoms with van der Waals surface area (Å²) in [5.41, 5.74) is -0.0440. The summed E-state index contributed by atoms with van der Waals surface area (Å²) in [6.45, 7) is 6.64. The van der Waals surface area contributed by atoms with Crippen LogP contribution in [-0.2, 0) is 9.53 Å². The fourth-order valence-corrected chi connectivity index (χ4v) is 1.40. The maximum absolute atomic E-state index is 11.2. The summed E-state index contributed by atoms with van der Waals surface area (Å²) < 4.78 is 4.85. The predicted octanol–water partition coefficient (Wildman–Crippen LogP) is 0.939. The second-order valence-corrected chi connectivity index (χ2v) is 4.64. The minimum absolute atomic E-state index is 0.0440. The van der Waals surface area contributed by atoms with Crippen LogP contribution in [0.3, 0.4) is 0 Å². The Morgan fingerprint density at radius 2 is 2.29 bits per heavy atom. The predicted molar refractivity (Wildman–Crippen MR) is 54.6 cm³/mol. The van der Waals surface area contributed by atoms with Crippen molar-refractivity contribution in [1.29, 1.82) is 0 Å². The van der Waals surface area contributed by atoms with Crippen LogP contribution in [0.5, 0.6) is 0 Å². The largest absolute Gasteiger partial charge is 0.464 e. The van der Waals surface area contributed by atoms with Crippen LogP contribution in [0.2, 0.25) is 0 Å². The first-order valence-electron chi connectivity index (χ1n) is 4.84. The van der Waals surface area contributed by atoms with Crippen LogP contribution in [-0.4, -0.2) is 24.7 Å². The summed E-state index contributed by atoms with van der Waals surface area (Å²) >= 11 is 0. The van der Waals surface area contributed by atoms with Crippen molar-refractivity contribution in [3.05, 3.63) is 0 Å². The molecule has 0 amide bonds. The van der Waals surface area contributed by atoms with Crippen LogP contribution in [0.1, 0.15) is 27.2 Å². The number of nitrogens with one attached hydrogen (secondary N) is 1. The van der Waals surface area contributed by atoms with Gasteiger partial charge < -0.3 is 4.74 Å². The van der Waals surface area contributed by atoms with Crippen LogP contribution < -0.4 is 5.32 Å². The van der Waals surface area contributed by atoms with Crippen molar-refractivity contribution in [2.45, 2.75) is 39.3 Å². The molecule has 0 spiro atoms. The van der Waals surface area contributed by atoms with Gasteiger partial charge in [-0.05, 0) is 5.41 Å². The number of rotatable bonds is 2. The van der Waals surface area contributed by atoms with Crippen molar-refractivity contribution in [3.8, 4) is 12.3 Å². The lowest BCUT2D eigenvalue weighted by Crippen LogP contribution is -2.46. The lowest BCUT2D eigenvalue weighted by molar-refractivity contribution is -0.139. The molecule has 1 heterocycles. The van der Waals surface area contributed by atoms with Crippen molar-refractivity contribution < 1.29 is 9.53 Å². The molecule has 78 valence electrons. The van der Waals surface area contributed by atoms with Crippen LogP contribution >= 0.6 is 0 Å². The van der Waals surface area contributed by atoms with Crippen molar-refractivity contribution >= 4 is 5.97 Å². The van der Waals surface area contributed by atoms with Gasteiger partial charge in [-0.15, -0.1) is 6.42 Å². The fourth-order valence-electron chi connectivity index (χ4n) is 1.40. The van der Waals surface area contributed by atoms with Crippen LogP contribution in [0.15, 0.2) is 0 Å².